The third-order valence-electron chi connectivity index (χ3n) is 5.56. The number of hydrogen-bond acceptors (Lipinski definition) is 6. The van der Waals surface area contributed by atoms with Crippen LogP contribution in [0.3, 0.4) is 0 Å². The molecule has 0 radical (unpaired) electrons. The van der Waals surface area contributed by atoms with Crippen LogP contribution in [0.5, 0.6) is 0 Å². The molecule has 0 fully saturated rings. The number of benzene rings is 2. The maximum absolute atomic E-state index is 12.5. The summed E-state index contributed by atoms with van der Waals surface area (Å²) in [5, 5.41) is 6.81. The van der Waals surface area contributed by atoms with E-state index in [0.29, 0.717) is 5.88 Å². The Balaban J connectivity index is 1.29. The molecule has 0 aliphatic carbocycles. The smallest absolute Gasteiger partial charge is 0.231 e. The molecule has 5 aromatic rings. The molecule has 0 unspecified atom stereocenters. The normalized spacial score (nSPS) is 11.6. The molecule has 0 bridgehead atoms. The summed E-state index contributed by atoms with van der Waals surface area (Å²) in [6, 6.07) is 15.7. The highest BCUT2D eigenvalue weighted by Gasteiger charge is 2.19. The first-order valence-electron chi connectivity index (χ1n) is 11.0. The molecule has 0 saturated carbocycles. The maximum Gasteiger partial charge on any atom is 0.231 e. The van der Waals surface area contributed by atoms with Gasteiger partial charge in [-0.2, -0.15) is 0 Å². The van der Waals surface area contributed by atoms with E-state index in [1.165, 1.54) is 6.33 Å². The summed E-state index contributed by atoms with van der Waals surface area (Å²) in [5.41, 5.74) is 6.35. The van der Waals surface area contributed by atoms with Crippen molar-refractivity contribution in [3.63, 3.8) is 0 Å². The van der Waals surface area contributed by atoms with Crippen LogP contribution >= 0.6 is 0 Å². The van der Waals surface area contributed by atoms with Crippen LogP contribution in [0.2, 0.25) is 0 Å². The van der Waals surface area contributed by atoms with E-state index < -0.39 is 0 Å². The Bertz CT molecular complexity index is 1450. The van der Waals surface area contributed by atoms with Crippen molar-refractivity contribution in [2.45, 2.75) is 32.6 Å². The molecule has 0 atom stereocenters. The fourth-order valence-corrected chi connectivity index (χ4v) is 3.68. The van der Waals surface area contributed by atoms with Crippen molar-refractivity contribution < 1.29 is 9.32 Å². The second-order valence-electron chi connectivity index (χ2n) is 9.16. The van der Waals surface area contributed by atoms with Gasteiger partial charge in [-0.15, -0.1) is 0 Å². The number of amides is 1. The lowest BCUT2D eigenvalue weighted by atomic mass is 9.92. The van der Waals surface area contributed by atoms with Crippen molar-refractivity contribution in [3.8, 4) is 16.8 Å². The molecule has 170 valence electrons. The van der Waals surface area contributed by atoms with E-state index in [4.69, 9.17) is 4.52 Å². The lowest BCUT2D eigenvalue weighted by molar-refractivity contribution is -0.115. The fraction of sp³-hybridized carbons (Fsp3) is 0.192. The van der Waals surface area contributed by atoms with Gasteiger partial charge in [-0.05, 0) is 35.4 Å². The van der Waals surface area contributed by atoms with Crippen LogP contribution in [-0.4, -0.2) is 30.6 Å². The highest BCUT2D eigenvalue weighted by molar-refractivity contribution is 5.91. The third kappa shape index (κ3) is 4.43. The first-order valence-corrected chi connectivity index (χ1v) is 11.0. The number of carbonyl (C=O) groups is 1. The average Bonchev–Trinajstić information content (AvgIpc) is 3.47. The molecule has 0 aliphatic heterocycles. The SMILES string of the molecule is CC(C)(C)c1cc(NC(=O)Cc2ccc(-n3cnc4cc(-c5cncnc5)ccc43)cc2)on1. The zero-order chi connectivity index (χ0) is 23.7. The first-order chi connectivity index (χ1) is 16.4. The first kappa shape index (κ1) is 21.5. The molecule has 1 N–H and O–H groups in total. The number of carbonyl (C=O) groups excluding carboxylic acids is 1. The van der Waals surface area contributed by atoms with Crippen LogP contribution in [-0.2, 0) is 16.6 Å². The Morgan fingerprint density at radius 3 is 2.47 bits per heavy atom. The highest BCUT2D eigenvalue weighted by Crippen LogP contribution is 2.26. The third-order valence-corrected chi connectivity index (χ3v) is 5.56. The van der Waals surface area contributed by atoms with Gasteiger partial charge in [-0.25, -0.2) is 15.0 Å². The molecule has 0 saturated heterocycles. The molecule has 2 aromatic carbocycles. The number of hydrogen-bond donors (Lipinski definition) is 1. The second-order valence-corrected chi connectivity index (χ2v) is 9.16. The minimum atomic E-state index is -0.158. The summed E-state index contributed by atoms with van der Waals surface area (Å²) in [4.78, 5) is 25.2. The molecule has 5 rings (SSSR count). The van der Waals surface area contributed by atoms with Gasteiger partial charge >= 0.3 is 0 Å². The lowest BCUT2D eigenvalue weighted by Crippen LogP contribution is -2.14. The van der Waals surface area contributed by atoms with E-state index in [9.17, 15) is 4.79 Å². The van der Waals surface area contributed by atoms with E-state index in [1.807, 2.05) is 67.8 Å². The molecule has 0 spiro atoms. The van der Waals surface area contributed by atoms with Gasteiger partial charge in [-0.1, -0.05) is 44.1 Å². The van der Waals surface area contributed by atoms with E-state index in [0.717, 1.165) is 39.1 Å². The van der Waals surface area contributed by atoms with Crippen LogP contribution in [0.15, 0.2) is 78.1 Å². The van der Waals surface area contributed by atoms with Crippen LogP contribution in [0.25, 0.3) is 27.8 Å². The van der Waals surface area contributed by atoms with Gasteiger partial charge in [0, 0.05) is 35.1 Å². The standard InChI is InChI=1S/C26H24N6O2/c1-26(2,3)23-12-25(34-31-23)30-24(33)10-17-4-7-20(8-5-17)32-16-29-21-11-18(6-9-22(21)32)19-13-27-15-28-14-19/h4-9,11-16H,10H2,1-3H3,(H,30,33). The van der Waals surface area contributed by atoms with Crippen molar-refractivity contribution in [3.05, 3.63) is 84.8 Å². The van der Waals surface area contributed by atoms with Crippen molar-refractivity contribution in [2.24, 2.45) is 0 Å². The van der Waals surface area contributed by atoms with Gasteiger partial charge in [0.15, 0.2) is 0 Å². The zero-order valence-electron chi connectivity index (χ0n) is 19.2. The lowest BCUT2D eigenvalue weighted by Gasteiger charge is -2.12. The van der Waals surface area contributed by atoms with E-state index in [2.05, 4.69) is 25.4 Å². The van der Waals surface area contributed by atoms with Crippen LogP contribution < -0.4 is 5.32 Å². The Labute approximate surface area is 196 Å². The van der Waals surface area contributed by atoms with Crippen molar-refractivity contribution in [2.75, 3.05) is 5.32 Å². The van der Waals surface area contributed by atoms with E-state index in [-0.39, 0.29) is 17.7 Å². The molecular weight excluding hydrogens is 428 g/mol. The van der Waals surface area contributed by atoms with Crippen LogP contribution in [0.4, 0.5) is 5.88 Å². The summed E-state index contributed by atoms with van der Waals surface area (Å²) in [7, 11) is 0. The number of nitrogens with zero attached hydrogens (tertiary/aromatic N) is 5. The highest BCUT2D eigenvalue weighted by atomic mass is 16.5. The molecule has 3 heterocycles. The topological polar surface area (TPSA) is 98.7 Å². The number of anilines is 1. The van der Waals surface area contributed by atoms with Gasteiger partial charge in [-0.3, -0.25) is 14.7 Å². The Hall–Kier alpha value is -4.33. The number of imidazole rings is 1. The molecule has 8 nitrogen and oxygen atoms in total. The quantitative estimate of drug-likeness (QED) is 0.405. The number of fused-ring (bicyclic) bond motifs is 1. The van der Waals surface area contributed by atoms with E-state index >= 15 is 0 Å². The van der Waals surface area contributed by atoms with Gasteiger partial charge in [0.2, 0.25) is 11.8 Å². The molecule has 8 heteroatoms. The molecule has 1 amide bonds. The average molecular weight is 453 g/mol. The predicted molar refractivity (Wildman–Crippen MR) is 130 cm³/mol. The number of aromatic nitrogens is 5. The summed E-state index contributed by atoms with van der Waals surface area (Å²) in [6.45, 7) is 6.12. The van der Waals surface area contributed by atoms with Gasteiger partial charge in [0.25, 0.3) is 0 Å². The van der Waals surface area contributed by atoms with Crippen molar-refractivity contribution in [1.29, 1.82) is 0 Å². The Morgan fingerprint density at radius 1 is 1.00 bits per heavy atom. The number of rotatable bonds is 5. The van der Waals surface area contributed by atoms with E-state index in [1.54, 1.807) is 24.8 Å². The van der Waals surface area contributed by atoms with Crippen molar-refractivity contribution >= 4 is 22.8 Å². The van der Waals surface area contributed by atoms with Crippen LogP contribution in [0.1, 0.15) is 32.0 Å². The molecule has 34 heavy (non-hydrogen) atoms. The van der Waals surface area contributed by atoms with Crippen LogP contribution in [0, 0.1) is 0 Å². The summed E-state index contributed by atoms with van der Waals surface area (Å²) >= 11 is 0. The Kier molecular flexibility index (Phi) is 5.41. The van der Waals surface area contributed by atoms with Gasteiger partial charge in [0.1, 0.15) is 12.7 Å². The number of nitrogens with one attached hydrogen (secondary N) is 1. The fourth-order valence-electron chi connectivity index (χ4n) is 3.68. The largest absolute Gasteiger partial charge is 0.338 e. The summed E-state index contributed by atoms with van der Waals surface area (Å²) < 4.78 is 7.27. The minimum Gasteiger partial charge on any atom is -0.338 e. The second kappa shape index (κ2) is 8.55. The minimum absolute atomic E-state index is 0.142. The molecular formula is C26H24N6O2. The molecule has 3 aromatic heterocycles. The Morgan fingerprint density at radius 2 is 1.76 bits per heavy atom. The summed E-state index contributed by atoms with van der Waals surface area (Å²) in [6.07, 6.45) is 7.12. The molecule has 0 aliphatic rings. The predicted octanol–water partition coefficient (Wildman–Crippen LogP) is 4.95. The monoisotopic (exact) mass is 452 g/mol. The zero-order valence-corrected chi connectivity index (χ0v) is 19.2. The van der Waals surface area contributed by atoms with Gasteiger partial charge < -0.3 is 4.52 Å². The summed E-state index contributed by atoms with van der Waals surface area (Å²) in [5.74, 6) is 0.202. The van der Waals surface area contributed by atoms with Gasteiger partial charge in [0.05, 0.1) is 23.1 Å². The maximum atomic E-state index is 12.5. The van der Waals surface area contributed by atoms with Crippen molar-refractivity contribution in [1.82, 2.24) is 24.7 Å².